The van der Waals surface area contributed by atoms with Gasteiger partial charge in [0.25, 0.3) is 0 Å². The Labute approximate surface area is 188 Å². The Hall–Kier alpha value is -3.76. The lowest BCUT2D eigenvalue weighted by molar-refractivity contribution is -0.192. The molecule has 8 nitrogen and oxygen atoms in total. The highest BCUT2D eigenvalue weighted by molar-refractivity contribution is 5.73. The fraction of sp³-hybridized carbons (Fsp3) is 0.318. The van der Waals surface area contributed by atoms with Crippen molar-refractivity contribution in [3.8, 4) is 11.4 Å². The first kappa shape index (κ1) is 23.9. The molecule has 0 atom stereocenters. The van der Waals surface area contributed by atoms with Gasteiger partial charge in [0, 0.05) is 43.7 Å². The van der Waals surface area contributed by atoms with Crippen LogP contribution in [0.4, 0.5) is 24.8 Å². The van der Waals surface area contributed by atoms with E-state index in [1.54, 1.807) is 6.20 Å². The van der Waals surface area contributed by atoms with Gasteiger partial charge in [0.05, 0.1) is 11.4 Å². The predicted octanol–water partition coefficient (Wildman–Crippen LogP) is 4.09. The number of carboxylic acid groups (broad SMARTS) is 1. The van der Waals surface area contributed by atoms with Gasteiger partial charge in [-0.05, 0) is 38.0 Å². The summed E-state index contributed by atoms with van der Waals surface area (Å²) in [5.41, 5.74) is 2.86. The summed E-state index contributed by atoms with van der Waals surface area (Å²) in [6.45, 7) is 4.75. The van der Waals surface area contributed by atoms with Gasteiger partial charge in [-0.15, -0.1) is 0 Å². The molecule has 174 valence electrons. The van der Waals surface area contributed by atoms with Crippen molar-refractivity contribution in [2.45, 2.75) is 32.5 Å². The quantitative estimate of drug-likeness (QED) is 0.587. The third-order valence-corrected chi connectivity index (χ3v) is 4.74. The van der Waals surface area contributed by atoms with E-state index in [9.17, 15) is 13.2 Å². The fourth-order valence-electron chi connectivity index (χ4n) is 3.27. The van der Waals surface area contributed by atoms with Gasteiger partial charge in [0.1, 0.15) is 17.5 Å². The van der Waals surface area contributed by atoms with Crippen molar-refractivity contribution in [3.63, 3.8) is 0 Å². The van der Waals surface area contributed by atoms with Crippen molar-refractivity contribution in [1.82, 2.24) is 19.9 Å². The van der Waals surface area contributed by atoms with Gasteiger partial charge in [-0.3, -0.25) is 4.98 Å². The first-order valence-corrected chi connectivity index (χ1v) is 10.2. The molecule has 4 heterocycles. The maximum Gasteiger partial charge on any atom is 0.490 e. The molecule has 33 heavy (non-hydrogen) atoms. The molecule has 2 N–H and O–H groups in total. The van der Waals surface area contributed by atoms with Crippen LogP contribution < -0.4 is 10.2 Å². The van der Waals surface area contributed by atoms with Crippen molar-refractivity contribution in [2.75, 3.05) is 23.3 Å². The number of aliphatic carboxylic acids is 1. The largest absolute Gasteiger partial charge is 0.490 e. The molecule has 0 unspecified atom stereocenters. The van der Waals surface area contributed by atoms with Crippen molar-refractivity contribution in [3.05, 3.63) is 60.2 Å². The minimum Gasteiger partial charge on any atom is -0.475 e. The molecule has 1 saturated heterocycles. The van der Waals surface area contributed by atoms with Crippen LogP contribution in [0.15, 0.2) is 48.8 Å². The molecular formula is C22H23F3N6O2. The van der Waals surface area contributed by atoms with Crippen molar-refractivity contribution in [1.29, 1.82) is 0 Å². The summed E-state index contributed by atoms with van der Waals surface area (Å²) in [6, 6.07) is 11.9. The molecule has 0 amide bonds. The lowest BCUT2D eigenvalue weighted by Gasteiger charge is -2.20. The number of aromatic nitrogens is 4. The number of aryl methyl sites for hydroxylation is 1. The smallest absolute Gasteiger partial charge is 0.475 e. The molecule has 0 aliphatic carbocycles. The van der Waals surface area contributed by atoms with E-state index in [1.807, 2.05) is 43.5 Å². The van der Waals surface area contributed by atoms with Crippen LogP contribution in [0.5, 0.6) is 0 Å². The highest BCUT2D eigenvalue weighted by atomic mass is 19.4. The normalized spacial score (nSPS) is 13.3. The molecule has 3 aromatic rings. The fourth-order valence-corrected chi connectivity index (χ4v) is 3.27. The van der Waals surface area contributed by atoms with Crippen LogP contribution in [0, 0.1) is 6.92 Å². The van der Waals surface area contributed by atoms with Crippen molar-refractivity contribution >= 4 is 17.6 Å². The number of nitrogens with zero attached hydrogens (tertiary/aromatic N) is 5. The van der Waals surface area contributed by atoms with Gasteiger partial charge in [-0.1, -0.05) is 12.1 Å². The molecule has 4 rings (SSSR count). The molecule has 0 spiro atoms. The number of nitrogens with one attached hydrogen (secondary N) is 1. The first-order valence-electron chi connectivity index (χ1n) is 10.2. The molecule has 3 aromatic heterocycles. The Morgan fingerprint density at radius 2 is 1.76 bits per heavy atom. The topological polar surface area (TPSA) is 104 Å². The molecule has 0 radical (unpaired) electrons. The molecule has 1 aliphatic heterocycles. The Kier molecular flexibility index (Phi) is 7.75. The third kappa shape index (κ3) is 6.86. The third-order valence-electron chi connectivity index (χ3n) is 4.74. The zero-order valence-electron chi connectivity index (χ0n) is 17.9. The van der Waals surface area contributed by atoms with E-state index < -0.39 is 12.1 Å². The summed E-state index contributed by atoms with van der Waals surface area (Å²) < 4.78 is 31.7. The van der Waals surface area contributed by atoms with Gasteiger partial charge in [-0.2, -0.15) is 13.2 Å². The minimum absolute atomic E-state index is 0.678. The van der Waals surface area contributed by atoms with E-state index in [0.29, 0.717) is 6.54 Å². The number of alkyl halides is 3. The van der Waals surface area contributed by atoms with Gasteiger partial charge in [0.2, 0.25) is 0 Å². The monoisotopic (exact) mass is 460 g/mol. The van der Waals surface area contributed by atoms with Crippen LogP contribution in [0.25, 0.3) is 11.4 Å². The number of anilines is 2. The van der Waals surface area contributed by atoms with Crippen LogP contribution in [-0.2, 0) is 11.3 Å². The number of carbonyl (C=O) groups is 1. The van der Waals surface area contributed by atoms with Crippen molar-refractivity contribution in [2.24, 2.45) is 0 Å². The average molecular weight is 460 g/mol. The number of pyridine rings is 2. The zero-order chi connectivity index (χ0) is 23.8. The van der Waals surface area contributed by atoms with Crippen LogP contribution in [0.1, 0.15) is 24.2 Å². The number of rotatable bonds is 5. The number of halogens is 3. The molecule has 1 fully saturated rings. The van der Waals surface area contributed by atoms with E-state index >= 15 is 0 Å². The highest BCUT2D eigenvalue weighted by Gasteiger charge is 2.38. The molecule has 0 bridgehead atoms. The van der Waals surface area contributed by atoms with Crippen molar-refractivity contribution < 1.29 is 23.1 Å². The second kappa shape index (κ2) is 10.7. The first-order chi connectivity index (χ1) is 15.7. The summed E-state index contributed by atoms with van der Waals surface area (Å²) in [7, 11) is 0. The Bertz CT molecular complexity index is 1070. The maximum atomic E-state index is 10.6. The summed E-state index contributed by atoms with van der Waals surface area (Å²) in [6.07, 6.45) is 1.03. The summed E-state index contributed by atoms with van der Waals surface area (Å²) in [5, 5.41) is 10.6. The van der Waals surface area contributed by atoms with Crippen LogP contribution >= 0.6 is 0 Å². The number of carboxylic acids is 1. The zero-order valence-corrected chi connectivity index (χ0v) is 17.9. The second-order valence-corrected chi connectivity index (χ2v) is 7.24. The number of hydrogen-bond donors (Lipinski definition) is 2. The molecule has 0 saturated carbocycles. The Morgan fingerprint density at radius 3 is 2.39 bits per heavy atom. The highest BCUT2D eigenvalue weighted by Crippen LogP contribution is 2.23. The average Bonchev–Trinajstić information content (AvgIpc) is 3.33. The lowest BCUT2D eigenvalue weighted by Crippen LogP contribution is -2.21. The molecular weight excluding hydrogens is 437 g/mol. The summed E-state index contributed by atoms with van der Waals surface area (Å²) in [5.74, 6) is -0.156. The van der Waals surface area contributed by atoms with Gasteiger partial charge >= 0.3 is 12.1 Å². The van der Waals surface area contributed by atoms with Gasteiger partial charge in [-0.25, -0.2) is 19.7 Å². The molecule has 1 aliphatic rings. The van der Waals surface area contributed by atoms with E-state index in [0.717, 1.165) is 41.9 Å². The van der Waals surface area contributed by atoms with Crippen LogP contribution in [0.3, 0.4) is 0 Å². The Morgan fingerprint density at radius 1 is 1.06 bits per heavy atom. The van der Waals surface area contributed by atoms with Crippen LogP contribution in [0.2, 0.25) is 0 Å². The van der Waals surface area contributed by atoms with Gasteiger partial charge in [0.15, 0.2) is 0 Å². The predicted molar refractivity (Wildman–Crippen MR) is 117 cm³/mol. The van der Waals surface area contributed by atoms with E-state index in [1.165, 1.54) is 18.4 Å². The SMILES string of the molecule is Cc1nc(NCc2cccnc2N2CCCC2)cc(-c2ccccn2)n1.O=C(O)C(F)(F)F. The second-order valence-electron chi connectivity index (χ2n) is 7.24. The van der Waals surface area contributed by atoms with E-state index in [4.69, 9.17) is 9.90 Å². The molecule has 11 heteroatoms. The summed E-state index contributed by atoms with van der Waals surface area (Å²) >= 11 is 0. The lowest BCUT2D eigenvalue weighted by atomic mass is 10.2. The summed E-state index contributed by atoms with van der Waals surface area (Å²) in [4.78, 5) is 29.3. The number of hydrogen-bond acceptors (Lipinski definition) is 7. The maximum absolute atomic E-state index is 10.6. The van der Waals surface area contributed by atoms with E-state index in [-0.39, 0.29) is 0 Å². The minimum atomic E-state index is -5.08. The molecule has 0 aromatic carbocycles. The Balaban J connectivity index is 0.000000383. The van der Waals surface area contributed by atoms with Gasteiger partial charge < -0.3 is 15.3 Å². The standard InChI is InChI=1S/C20H22N6.C2HF3O2/c1-15-24-18(17-8-2-3-9-21-17)13-19(25-15)23-14-16-7-6-10-22-20(16)26-11-4-5-12-26;3-2(4,5)1(6)7/h2-3,6-10,13H,4-5,11-12,14H2,1H3,(H,23,24,25);(H,6,7). The van der Waals surface area contributed by atoms with Crippen LogP contribution in [-0.4, -0.2) is 50.3 Å². The van der Waals surface area contributed by atoms with E-state index in [2.05, 4.69) is 36.2 Å².